The van der Waals surface area contributed by atoms with Gasteiger partial charge in [-0.15, -0.1) is 0 Å². The Morgan fingerprint density at radius 1 is 1.00 bits per heavy atom. The molecule has 1 aromatic rings. The lowest BCUT2D eigenvalue weighted by Gasteiger charge is -2.31. The molecule has 0 aromatic heterocycles. The van der Waals surface area contributed by atoms with E-state index in [9.17, 15) is 19.2 Å². The van der Waals surface area contributed by atoms with Gasteiger partial charge in [-0.05, 0) is 24.3 Å². The summed E-state index contributed by atoms with van der Waals surface area (Å²) < 4.78 is 0. The van der Waals surface area contributed by atoms with Crippen molar-refractivity contribution in [2.45, 2.75) is 26.3 Å². The third-order valence-corrected chi connectivity index (χ3v) is 4.75. The summed E-state index contributed by atoms with van der Waals surface area (Å²) in [5.74, 6) is -1.53. The van der Waals surface area contributed by atoms with Gasteiger partial charge < -0.3 is 4.90 Å². The minimum atomic E-state index is -0.931. The molecule has 0 aliphatic carbocycles. The Kier molecular flexibility index (Phi) is 4.83. The second-order valence-electron chi connectivity index (χ2n) is 6.61. The Labute approximate surface area is 146 Å². The molecule has 3 rings (SSSR count). The number of amides is 5. The first-order valence-corrected chi connectivity index (χ1v) is 8.46. The summed E-state index contributed by atoms with van der Waals surface area (Å²) in [6.45, 7) is 3.03. The molecule has 0 N–H and O–H groups in total. The Morgan fingerprint density at radius 3 is 2.24 bits per heavy atom. The number of imide groups is 2. The molecular formula is C18H21N3O4. The summed E-state index contributed by atoms with van der Waals surface area (Å²) in [6, 6.07) is 8.23. The van der Waals surface area contributed by atoms with Gasteiger partial charge in [0.25, 0.3) is 0 Å². The summed E-state index contributed by atoms with van der Waals surface area (Å²) in [5, 5.41) is 0. The lowest BCUT2D eigenvalue weighted by atomic mass is 9.99. The van der Waals surface area contributed by atoms with E-state index in [4.69, 9.17) is 0 Å². The van der Waals surface area contributed by atoms with E-state index in [2.05, 4.69) is 6.92 Å². The molecule has 5 amide bonds. The fourth-order valence-electron chi connectivity index (χ4n) is 3.09. The van der Waals surface area contributed by atoms with Gasteiger partial charge in [-0.3, -0.25) is 19.3 Å². The molecule has 7 nitrogen and oxygen atoms in total. The minimum absolute atomic E-state index is 0.0240. The number of hydrogen-bond acceptors (Lipinski definition) is 4. The van der Waals surface area contributed by atoms with E-state index >= 15 is 0 Å². The zero-order valence-electron chi connectivity index (χ0n) is 14.2. The molecule has 0 saturated carbocycles. The number of carbonyl (C=O) groups excluding carboxylic acids is 4. The second kappa shape index (κ2) is 7.04. The average molecular weight is 343 g/mol. The highest BCUT2D eigenvalue weighted by Crippen LogP contribution is 2.19. The molecule has 2 fully saturated rings. The Bertz CT molecular complexity index is 696. The van der Waals surface area contributed by atoms with E-state index in [0.29, 0.717) is 19.0 Å². The fraction of sp³-hybridized carbons (Fsp3) is 0.444. The molecule has 0 atom stereocenters. The van der Waals surface area contributed by atoms with Crippen molar-refractivity contribution in [3.63, 3.8) is 0 Å². The topological polar surface area (TPSA) is 78.0 Å². The van der Waals surface area contributed by atoms with Gasteiger partial charge in [0.1, 0.15) is 6.54 Å². The number of rotatable bonds is 4. The normalized spacial score (nSPS) is 19.1. The van der Waals surface area contributed by atoms with Crippen LogP contribution in [-0.4, -0.2) is 58.1 Å². The monoisotopic (exact) mass is 343 g/mol. The molecule has 0 bridgehead atoms. The number of likely N-dealkylation sites (tertiary alicyclic amines) is 1. The lowest BCUT2D eigenvalue weighted by Crippen LogP contribution is -2.46. The van der Waals surface area contributed by atoms with Crippen LogP contribution in [-0.2, 0) is 20.9 Å². The van der Waals surface area contributed by atoms with Gasteiger partial charge in [0, 0.05) is 13.1 Å². The Hall–Kier alpha value is -2.70. The lowest BCUT2D eigenvalue weighted by molar-refractivity contribution is -0.145. The Morgan fingerprint density at radius 2 is 1.60 bits per heavy atom. The molecule has 2 saturated heterocycles. The van der Waals surface area contributed by atoms with E-state index < -0.39 is 17.8 Å². The largest absolute Gasteiger partial charge is 0.341 e. The van der Waals surface area contributed by atoms with Gasteiger partial charge in [-0.2, -0.15) is 0 Å². The van der Waals surface area contributed by atoms with Crippen LogP contribution in [0.1, 0.15) is 25.3 Å². The average Bonchev–Trinajstić information content (AvgIpc) is 2.81. The highest BCUT2D eigenvalue weighted by molar-refractivity contribution is 6.44. The zero-order valence-corrected chi connectivity index (χ0v) is 14.2. The smallest absolute Gasteiger partial charge is 0.335 e. The molecule has 0 unspecified atom stereocenters. The highest BCUT2D eigenvalue weighted by atomic mass is 16.2. The Balaban J connectivity index is 1.66. The number of urea groups is 1. The second-order valence-corrected chi connectivity index (χ2v) is 6.61. The van der Waals surface area contributed by atoms with Crippen molar-refractivity contribution >= 4 is 23.8 Å². The SMILES string of the molecule is CC1CCN(C(=O)CN2C(=O)C(=O)N(Cc3ccccc3)C2=O)CC1. The summed E-state index contributed by atoms with van der Waals surface area (Å²) in [7, 11) is 0. The van der Waals surface area contributed by atoms with Crippen LogP contribution in [0.25, 0.3) is 0 Å². The van der Waals surface area contributed by atoms with Crippen molar-refractivity contribution in [3.8, 4) is 0 Å². The van der Waals surface area contributed by atoms with Gasteiger partial charge in [0.2, 0.25) is 5.91 Å². The van der Waals surface area contributed by atoms with E-state index in [-0.39, 0.29) is 19.0 Å². The van der Waals surface area contributed by atoms with Crippen LogP contribution < -0.4 is 0 Å². The van der Waals surface area contributed by atoms with Crippen LogP contribution in [0.4, 0.5) is 4.79 Å². The molecule has 2 aliphatic rings. The van der Waals surface area contributed by atoms with Crippen LogP contribution in [0, 0.1) is 5.92 Å². The van der Waals surface area contributed by atoms with E-state index in [0.717, 1.165) is 28.2 Å². The number of piperidine rings is 1. The summed E-state index contributed by atoms with van der Waals surface area (Å²) in [4.78, 5) is 52.4. The van der Waals surface area contributed by atoms with Crippen molar-refractivity contribution < 1.29 is 19.2 Å². The molecule has 0 radical (unpaired) electrons. The first-order valence-electron chi connectivity index (χ1n) is 8.46. The zero-order chi connectivity index (χ0) is 18.0. The van der Waals surface area contributed by atoms with Crippen LogP contribution in [0.15, 0.2) is 30.3 Å². The number of nitrogens with zero attached hydrogens (tertiary/aromatic N) is 3. The predicted octanol–water partition coefficient (Wildman–Crippen LogP) is 1.24. The molecular weight excluding hydrogens is 322 g/mol. The predicted molar refractivity (Wildman–Crippen MR) is 89.1 cm³/mol. The van der Waals surface area contributed by atoms with Gasteiger partial charge in [0.05, 0.1) is 6.54 Å². The quantitative estimate of drug-likeness (QED) is 0.609. The van der Waals surface area contributed by atoms with Crippen LogP contribution in [0.5, 0.6) is 0 Å². The van der Waals surface area contributed by atoms with Gasteiger partial charge >= 0.3 is 17.8 Å². The van der Waals surface area contributed by atoms with Crippen molar-refractivity contribution in [2.24, 2.45) is 5.92 Å². The maximum Gasteiger partial charge on any atom is 0.335 e. The molecule has 25 heavy (non-hydrogen) atoms. The number of hydrogen-bond donors (Lipinski definition) is 0. The molecule has 132 valence electrons. The van der Waals surface area contributed by atoms with Gasteiger partial charge in [0.15, 0.2) is 0 Å². The van der Waals surface area contributed by atoms with Crippen molar-refractivity contribution in [3.05, 3.63) is 35.9 Å². The molecule has 2 heterocycles. The first-order chi connectivity index (χ1) is 12.0. The van der Waals surface area contributed by atoms with Crippen LogP contribution >= 0.6 is 0 Å². The van der Waals surface area contributed by atoms with Crippen molar-refractivity contribution in [1.29, 1.82) is 0 Å². The van der Waals surface area contributed by atoms with Gasteiger partial charge in [-0.1, -0.05) is 37.3 Å². The minimum Gasteiger partial charge on any atom is -0.341 e. The van der Waals surface area contributed by atoms with E-state index in [1.165, 1.54) is 0 Å². The van der Waals surface area contributed by atoms with Gasteiger partial charge in [-0.25, -0.2) is 9.69 Å². The summed E-state index contributed by atoms with van der Waals surface area (Å²) in [6.07, 6.45) is 1.82. The number of benzene rings is 1. The van der Waals surface area contributed by atoms with Crippen molar-refractivity contribution in [1.82, 2.24) is 14.7 Å². The molecule has 7 heteroatoms. The van der Waals surface area contributed by atoms with E-state index in [1.807, 2.05) is 6.07 Å². The third kappa shape index (κ3) is 3.55. The standard InChI is InChI=1S/C18H21N3O4/c1-13-7-9-19(10-8-13)15(22)12-21-17(24)16(23)20(18(21)25)11-14-5-3-2-4-6-14/h2-6,13H,7-12H2,1H3. The highest BCUT2D eigenvalue weighted by Gasteiger charge is 2.45. The molecule has 1 aromatic carbocycles. The number of carbonyl (C=O) groups is 4. The molecule has 2 aliphatic heterocycles. The first kappa shape index (κ1) is 17.1. The fourth-order valence-corrected chi connectivity index (χ4v) is 3.09. The molecule has 0 spiro atoms. The van der Waals surface area contributed by atoms with Crippen LogP contribution in [0.3, 0.4) is 0 Å². The summed E-state index contributed by atoms with van der Waals surface area (Å²) in [5.41, 5.74) is 0.746. The van der Waals surface area contributed by atoms with Crippen LogP contribution in [0.2, 0.25) is 0 Å². The summed E-state index contributed by atoms with van der Waals surface area (Å²) >= 11 is 0. The maximum atomic E-state index is 12.4. The maximum absolute atomic E-state index is 12.4. The third-order valence-electron chi connectivity index (χ3n) is 4.75. The van der Waals surface area contributed by atoms with E-state index in [1.54, 1.807) is 29.2 Å². The van der Waals surface area contributed by atoms with Crippen molar-refractivity contribution in [2.75, 3.05) is 19.6 Å².